The average molecular weight is 788 g/mol. The van der Waals surface area contributed by atoms with Crippen molar-refractivity contribution in [3.05, 3.63) is 109 Å². The fraction of sp³-hybridized carbons (Fsp3) is 0.545. The van der Waals surface area contributed by atoms with Gasteiger partial charge in [-0.2, -0.15) is 0 Å². The molecule has 0 bridgehead atoms. The number of nitrogens with two attached hydrogens (primary N) is 1. The number of hydrogen-bond donors (Lipinski definition) is 3. The highest BCUT2D eigenvalue weighted by atomic mass is 31.2. The molecule has 0 rings (SSSR count). The van der Waals surface area contributed by atoms with Gasteiger partial charge in [-0.1, -0.05) is 130 Å². The summed E-state index contributed by atoms with van der Waals surface area (Å²) in [6.07, 6.45) is 51.6. The maximum atomic E-state index is 12.6. The summed E-state index contributed by atoms with van der Waals surface area (Å²) in [7, 11) is -4.65. The number of carbonyl (C=O) groups excluding carboxylic acids is 1. The van der Waals surface area contributed by atoms with Crippen molar-refractivity contribution in [2.75, 3.05) is 26.4 Å². The van der Waals surface area contributed by atoms with Crippen molar-refractivity contribution in [3.8, 4) is 0 Å². The topological polar surface area (TPSA) is 155 Å². The van der Waals surface area contributed by atoms with Gasteiger partial charge < -0.3 is 25.2 Å². The molecule has 10 nitrogen and oxygen atoms in total. The van der Waals surface area contributed by atoms with Gasteiger partial charge in [0.15, 0.2) is 0 Å². The van der Waals surface area contributed by atoms with Crippen LogP contribution in [0.15, 0.2) is 109 Å². The first-order valence-corrected chi connectivity index (χ1v) is 21.4. The molecule has 0 saturated heterocycles. The van der Waals surface area contributed by atoms with E-state index in [4.69, 9.17) is 24.8 Å². The Bertz CT molecular complexity index is 1280. The van der Waals surface area contributed by atoms with E-state index in [1.165, 1.54) is 0 Å². The van der Waals surface area contributed by atoms with Crippen LogP contribution in [0.25, 0.3) is 0 Å². The van der Waals surface area contributed by atoms with Gasteiger partial charge in [0.1, 0.15) is 12.1 Å². The molecule has 0 aliphatic carbocycles. The number of rotatable bonds is 36. The van der Waals surface area contributed by atoms with Crippen LogP contribution < -0.4 is 5.73 Å². The van der Waals surface area contributed by atoms with Gasteiger partial charge in [0.05, 0.1) is 19.8 Å². The number of aliphatic carboxylic acids is 1. The van der Waals surface area contributed by atoms with Gasteiger partial charge in [0.25, 0.3) is 0 Å². The van der Waals surface area contributed by atoms with Crippen molar-refractivity contribution >= 4 is 19.8 Å². The summed E-state index contributed by atoms with van der Waals surface area (Å²) in [5.41, 5.74) is 5.34. The van der Waals surface area contributed by atoms with Gasteiger partial charge in [-0.25, -0.2) is 4.57 Å². The van der Waals surface area contributed by atoms with E-state index in [2.05, 4.69) is 128 Å². The second-order valence-corrected chi connectivity index (χ2v) is 14.1. The Balaban J connectivity index is 4.47. The van der Waals surface area contributed by atoms with Crippen molar-refractivity contribution in [1.82, 2.24) is 0 Å². The zero-order valence-corrected chi connectivity index (χ0v) is 34.4. The minimum atomic E-state index is -4.65. The number of carbonyl (C=O) groups is 2. The predicted molar refractivity (Wildman–Crippen MR) is 226 cm³/mol. The molecule has 0 heterocycles. The standard InChI is InChI=1S/C44H70NO9P/c1-3-5-7-9-11-13-15-17-19-20-21-22-23-24-26-28-30-32-34-36-43(46)54-41(39-52-55(49,50)53-40-42(45)44(47)48)38-51-37-35-33-31-29-27-25-18-16-14-12-10-8-6-4-2/h5-8,11-14,17-19,21-22,24-26,29,31,41-42H,3-4,9-10,15-16,20,23,27-28,30,32-40,45H2,1-2H3,(H,47,48)(H,49,50)/b7-5-,8-6-,13-11-,14-12-,19-17-,22-21-,25-18-,26-24-,31-29-. The Labute approximate surface area is 331 Å². The van der Waals surface area contributed by atoms with Crippen LogP contribution in [0.3, 0.4) is 0 Å². The molecule has 0 saturated carbocycles. The lowest BCUT2D eigenvalue weighted by molar-refractivity contribution is -0.154. The van der Waals surface area contributed by atoms with E-state index in [1.54, 1.807) is 0 Å². The molecule has 11 heteroatoms. The highest BCUT2D eigenvalue weighted by molar-refractivity contribution is 7.47. The van der Waals surface area contributed by atoms with E-state index in [-0.39, 0.29) is 13.0 Å². The van der Waals surface area contributed by atoms with Gasteiger partial charge in [0, 0.05) is 13.0 Å². The quantitative estimate of drug-likeness (QED) is 0.0242. The summed E-state index contributed by atoms with van der Waals surface area (Å²) in [5.74, 6) is -1.85. The minimum absolute atomic E-state index is 0.0430. The molecule has 0 amide bonds. The summed E-state index contributed by atoms with van der Waals surface area (Å²) in [4.78, 5) is 33.5. The smallest absolute Gasteiger partial charge is 0.472 e. The van der Waals surface area contributed by atoms with E-state index in [9.17, 15) is 19.0 Å². The summed E-state index contributed by atoms with van der Waals surface area (Å²) in [6, 6.07) is -1.49. The molecular weight excluding hydrogens is 717 g/mol. The van der Waals surface area contributed by atoms with E-state index in [1.807, 2.05) is 0 Å². The van der Waals surface area contributed by atoms with E-state index >= 15 is 0 Å². The van der Waals surface area contributed by atoms with E-state index in [0.717, 1.165) is 89.9 Å². The Morgan fingerprint density at radius 2 is 1.00 bits per heavy atom. The number of phosphoric acid groups is 1. The Morgan fingerprint density at radius 1 is 0.582 bits per heavy atom. The minimum Gasteiger partial charge on any atom is -0.480 e. The lowest BCUT2D eigenvalue weighted by Gasteiger charge is -2.20. The SMILES string of the molecule is CC/C=C\C/C=C\C/C=C\C/C=C\C/C=C\CCCCCC(=O)OC(COCCC/C=C\C/C=C\C/C=C\C/C=C\CC)COP(=O)(O)OCC(N)C(=O)O. The van der Waals surface area contributed by atoms with Crippen molar-refractivity contribution < 1.29 is 42.7 Å². The molecule has 4 N–H and O–H groups in total. The van der Waals surface area contributed by atoms with Crippen LogP contribution in [0.2, 0.25) is 0 Å². The van der Waals surface area contributed by atoms with E-state index < -0.39 is 45.1 Å². The summed E-state index contributed by atoms with van der Waals surface area (Å²) in [6.45, 7) is 3.42. The molecule has 0 aromatic rings. The Morgan fingerprint density at radius 3 is 1.45 bits per heavy atom. The first kappa shape index (κ1) is 51.6. The van der Waals surface area contributed by atoms with Crippen molar-refractivity contribution in [3.63, 3.8) is 0 Å². The van der Waals surface area contributed by atoms with Gasteiger partial charge >= 0.3 is 19.8 Å². The molecule has 0 aliphatic rings. The molecule has 0 radical (unpaired) electrons. The number of carboxylic acids is 1. The zero-order valence-electron chi connectivity index (χ0n) is 33.5. The maximum absolute atomic E-state index is 12.6. The molecule has 0 aromatic carbocycles. The summed E-state index contributed by atoms with van der Waals surface area (Å²) in [5, 5.41) is 8.88. The number of esters is 1. The summed E-state index contributed by atoms with van der Waals surface area (Å²) >= 11 is 0. The number of allylic oxidation sites excluding steroid dienone is 18. The number of ether oxygens (including phenoxy) is 2. The highest BCUT2D eigenvalue weighted by Gasteiger charge is 2.27. The molecule has 3 unspecified atom stereocenters. The molecule has 3 atom stereocenters. The predicted octanol–water partition coefficient (Wildman–Crippen LogP) is 10.7. The zero-order chi connectivity index (χ0) is 40.5. The molecule has 0 aliphatic heterocycles. The van der Waals surface area contributed by atoms with Crippen LogP contribution in [-0.2, 0) is 32.7 Å². The number of carboxylic acid groups (broad SMARTS) is 1. The third-order valence-electron chi connectivity index (χ3n) is 7.55. The number of unbranched alkanes of at least 4 members (excludes halogenated alkanes) is 4. The fourth-order valence-corrected chi connectivity index (χ4v) is 5.29. The third kappa shape index (κ3) is 38.7. The van der Waals surface area contributed by atoms with E-state index in [0.29, 0.717) is 13.0 Å². The second kappa shape index (κ2) is 38.9. The van der Waals surface area contributed by atoms with Gasteiger partial charge in [0.2, 0.25) is 0 Å². The van der Waals surface area contributed by atoms with Crippen LogP contribution in [0.5, 0.6) is 0 Å². The molecule has 0 spiro atoms. The third-order valence-corrected chi connectivity index (χ3v) is 8.50. The van der Waals surface area contributed by atoms with Crippen LogP contribution >= 0.6 is 7.82 Å². The monoisotopic (exact) mass is 787 g/mol. The second-order valence-electron chi connectivity index (χ2n) is 12.6. The fourth-order valence-electron chi connectivity index (χ4n) is 4.51. The van der Waals surface area contributed by atoms with Crippen molar-refractivity contribution in [2.45, 2.75) is 129 Å². The van der Waals surface area contributed by atoms with Gasteiger partial charge in [-0.3, -0.25) is 18.6 Å². The molecule has 55 heavy (non-hydrogen) atoms. The number of phosphoric ester groups is 1. The van der Waals surface area contributed by atoms with Gasteiger partial charge in [-0.05, 0) is 89.9 Å². The highest BCUT2D eigenvalue weighted by Crippen LogP contribution is 2.43. The Kier molecular flexibility index (Phi) is 36.5. The largest absolute Gasteiger partial charge is 0.480 e. The lowest BCUT2D eigenvalue weighted by Crippen LogP contribution is -2.34. The average Bonchev–Trinajstić information content (AvgIpc) is 3.16. The van der Waals surface area contributed by atoms with Crippen molar-refractivity contribution in [2.24, 2.45) is 5.73 Å². The summed E-state index contributed by atoms with van der Waals surface area (Å²) < 4.78 is 33.1. The van der Waals surface area contributed by atoms with Crippen LogP contribution in [0.1, 0.15) is 117 Å². The first-order chi connectivity index (χ1) is 26.7. The number of hydrogen-bond acceptors (Lipinski definition) is 8. The maximum Gasteiger partial charge on any atom is 0.472 e. The van der Waals surface area contributed by atoms with Gasteiger partial charge in [-0.15, -0.1) is 0 Å². The molecule has 0 fully saturated rings. The van der Waals surface area contributed by atoms with Crippen molar-refractivity contribution in [1.29, 1.82) is 0 Å². The van der Waals surface area contributed by atoms with Crippen LogP contribution in [-0.4, -0.2) is 60.5 Å². The Hall–Kier alpha value is -3.37. The molecule has 0 aromatic heterocycles. The van der Waals surface area contributed by atoms with Crippen LogP contribution in [0.4, 0.5) is 0 Å². The van der Waals surface area contributed by atoms with Crippen LogP contribution in [0, 0.1) is 0 Å². The lowest BCUT2D eigenvalue weighted by atomic mass is 10.1. The normalized spacial score (nSPS) is 15.1. The molecular formula is C44H70NO9P. The molecule has 310 valence electrons. The first-order valence-electron chi connectivity index (χ1n) is 19.9.